The Morgan fingerprint density at radius 1 is 1.55 bits per heavy atom. The van der Waals surface area contributed by atoms with Crippen LogP contribution in [0.2, 0.25) is 5.02 Å². The van der Waals surface area contributed by atoms with Gasteiger partial charge in [-0.1, -0.05) is 32.4 Å². The average molecular weight is 301 g/mol. The summed E-state index contributed by atoms with van der Waals surface area (Å²) >= 11 is 6.38. The summed E-state index contributed by atoms with van der Waals surface area (Å²) in [5.74, 6) is 0.412. The summed E-state index contributed by atoms with van der Waals surface area (Å²) in [6, 6.07) is 0. The summed E-state index contributed by atoms with van der Waals surface area (Å²) in [4.78, 5) is 0. The van der Waals surface area contributed by atoms with E-state index in [0.717, 1.165) is 17.8 Å². The summed E-state index contributed by atoms with van der Waals surface area (Å²) < 4.78 is 7.55. The number of aliphatic hydroxyl groups is 1. The molecular formula is C15H25ClN2O2. The zero-order chi connectivity index (χ0) is 14.9. The predicted molar refractivity (Wildman–Crippen MR) is 80.1 cm³/mol. The van der Waals surface area contributed by atoms with E-state index in [0.29, 0.717) is 36.8 Å². The molecule has 1 aliphatic rings. The maximum atomic E-state index is 10.9. The Morgan fingerprint density at radius 2 is 2.25 bits per heavy atom. The molecule has 114 valence electrons. The molecule has 1 aliphatic heterocycles. The molecule has 1 saturated heterocycles. The number of hydrogen-bond acceptors (Lipinski definition) is 3. The van der Waals surface area contributed by atoms with Crippen LogP contribution < -0.4 is 0 Å². The molecule has 5 heteroatoms. The standard InChI is InChI=1S/C15H25ClN2O2/c1-5-11-14(16)12(18(4)17-11)8-15(19)6-7-20-13(9-15)10(2)3/h10,13,19H,5-9H2,1-4H3. The maximum Gasteiger partial charge on any atom is 0.0850 e. The van der Waals surface area contributed by atoms with E-state index in [1.54, 1.807) is 4.68 Å². The van der Waals surface area contributed by atoms with Crippen molar-refractivity contribution in [3.63, 3.8) is 0 Å². The van der Waals surface area contributed by atoms with Crippen molar-refractivity contribution in [1.29, 1.82) is 0 Å². The van der Waals surface area contributed by atoms with Gasteiger partial charge in [0.15, 0.2) is 0 Å². The van der Waals surface area contributed by atoms with Gasteiger partial charge in [0.05, 0.1) is 28.1 Å². The molecule has 0 amide bonds. The fourth-order valence-corrected chi connectivity index (χ4v) is 3.21. The Kier molecular flexibility index (Phi) is 4.77. The second kappa shape index (κ2) is 6.04. The molecule has 1 N–H and O–H groups in total. The minimum absolute atomic E-state index is 0.117. The number of hydrogen-bond donors (Lipinski definition) is 1. The van der Waals surface area contributed by atoms with Gasteiger partial charge >= 0.3 is 0 Å². The lowest BCUT2D eigenvalue weighted by Gasteiger charge is -2.38. The minimum atomic E-state index is -0.740. The van der Waals surface area contributed by atoms with Crippen molar-refractivity contribution in [2.75, 3.05) is 6.61 Å². The van der Waals surface area contributed by atoms with Crippen LogP contribution in [0.4, 0.5) is 0 Å². The van der Waals surface area contributed by atoms with Crippen LogP contribution in [0, 0.1) is 5.92 Å². The lowest BCUT2D eigenvalue weighted by Crippen LogP contribution is -2.44. The van der Waals surface area contributed by atoms with E-state index in [9.17, 15) is 5.11 Å². The minimum Gasteiger partial charge on any atom is -0.389 e. The van der Waals surface area contributed by atoms with Gasteiger partial charge in [0.1, 0.15) is 0 Å². The predicted octanol–water partition coefficient (Wildman–Crippen LogP) is 2.74. The van der Waals surface area contributed by atoms with E-state index >= 15 is 0 Å². The number of nitrogens with zero attached hydrogens (tertiary/aromatic N) is 2. The number of ether oxygens (including phenoxy) is 1. The molecule has 2 atom stereocenters. The van der Waals surface area contributed by atoms with Crippen molar-refractivity contribution in [3.05, 3.63) is 16.4 Å². The van der Waals surface area contributed by atoms with E-state index in [1.165, 1.54) is 0 Å². The van der Waals surface area contributed by atoms with Gasteiger partial charge in [0.2, 0.25) is 0 Å². The Morgan fingerprint density at radius 3 is 2.80 bits per heavy atom. The normalized spacial score (nSPS) is 27.2. The summed E-state index contributed by atoms with van der Waals surface area (Å²) in [6.45, 7) is 6.90. The number of aromatic nitrogens is 2. The highest BCUT2D eigenvalue weighted by molar-refractivity contribution is 6.31. The van der Waals surface area contributed by atoms with Crippen LogP contribution in [0.5, 0.6) is 0 Å². The van der Waals surface area contributed by atoms with Gasteiger partial charge in [-0.05, 0) is 18.8 Å². The lowest BCUT2D eigenvalue weighted by atomic mass is 9.83. The van der Waals surface area contributed by atoms with Crippen LogP contribution in [0.1, 0.15) is 45.0 Å². The molecule has 0 aliphatic carbocycles. The van der Waals surface area contributed by atoms with Crippen molar-refractivity contribution >= 4 is 11.6 Å². The zero-order valence-corrected chi connectivity index (χ0v) is 13.6. The molecule has 0 radical (unpaired) electrons. The fourth-order valence-electron chi connectivity index (χ4n) is 2.85. The molecule has 2 heterocycles. The van der Waals surface area contributed by atoms with Crippen molar-refractivity contribution < 1.29 is 9.84 Å². The zero-order valence-electron chi connectivity index (χ0n) is 12.8. The molecule has 20 heavy (non-hydrogen) atoms. The van der Waals surface area contributed by atoms with Gasteiger partial charge in [-0.15, -0.1) is 0 Å². The molecule has 1 aromatic rings. The molecule has 0 aromatic carbocycles. The summed E-state index contributed by atoms with van der Waals surface area (Å²) in [5, 5.41) is 16.0. The van der Waals surface area contributed by atoms with Gasteiger partial charge in [-0.25, -0.2) is 0 Å². The third-order valence-electron chi connectivity index (χ3n) is 4.22. The van der Waals surface area contributed by atoms with Crippen molar-refractivity contribution in [3.8, 4) is 0 Å². The van der Waals surface area contributed by atoms with Crippen LogP contribution in [0.3, 0.4) is 0 Å². The van der Waals surface area contributed by atoms with E-state index in [2.05, 4.69) is 18.9 Å². The van der Waals surface area contributed by atoms with Gasteiger partial charge in [0, 0.05) is 26.5 Å². The molecule has 1 fully saturated rings. The van der Waals surface area contributed by atoms with Crippen LogP contribution in [0.15, 0.2) is 0 Å². The topological polar surface area (TPSA) is 47.3 Å². The summed E-state index contributed by atoms with van der Waals surface area (Å²) in [6.07, 6.45) is 2.78. The number of aryl methyl sites for hydroxylation is 2. The van der Waals surface area contributed by atoms with E-state index < -0.39 is 5.60 Å². The van der Waals surface area contributed by atoms with Crippen LogP contribution >= 0.6 is 11.6 Å². The highest BCUT2D eigenvalue weighted by atomic mass is 35.5. The van der Waals surface area contributed by atoms with E-state index in [4.69, 9.17) is 16.3 Å². The van der Waals surface area contributed by atoms with Crippen LogP contribution in [-0.2, 0) is 24.6 Å². The monoisotopic (exact) mass is 300 g/mol. The van der Waals surface area contributed by atoms with Gasteiger partial charge in [0.25, 0.3) is 0 Å². The second-order valence-corrected chi connectivity index (χ2v) is 6.57. The third-order valence-corrected chi connectivity index (χ3v) is 4.66. The molecular weight excluding hydrogens is 276 g/mol. The molecule has 0 saturated carbocycles. The highest BCUT2D eigenvalue weighted by Gasteiger charge is 2.37. The molecule has 2 rings (SSSR count). The Labute approximate surface area is 126 Å². The van der Waals surface area contributed by atoms with Crippen molar-refractivity contribution in [1.82, 2.24) is 9.78 Å². The second-order valence-electron chi connectivity index (χ2n) is 6.19. The van der Waals surface area contributed by atoms with Crippen molar-refractivity contribution in [2.45, 2.75) is 58.2 Å². The van der Waals surface area contributed by atoms with Gasteiger partial charge in [-0.2, -0.15) is 5.10 Å². The molecule has 0 spiro atoms. The average Bonchev–Trinajstić information content (AvgIpc) is 2.66. The summed E-state index contributed by atoms with van der Waals surface area (Å²) in [7, 11) is 1.89. The van der Waals surface area contributed by atoms with Crippen LogP contribution in [0.25, 0.3) is 0 Å². The first-order chi connectivity index (χ1) is 9.36. The quantitative estimate of drug-likeness (QED) is 0.930. The van der Waals surface area contributed by atoms with Gasteiger partial charge < -0.3 is 9.84 Å². The molecule has 4 nitrogen and oxygen atoms in total. The first kappa shape index (κ1) is 15.8. The van der Waals surface area contributed by atoms with Gasteiger partial charge in [-0.3, -0.25) is 4.68 Å². The van der Waals surface area contributed by atoms with Crippen LogP contribution in [-0.4, -0.2) is 33.2 Å². The number of rotatable bonds is 4. The SMILES string of the molecule is CCc1nn(C)c(CC2(O)CCOC(C(C)C)C2)c1Cl. The smallest absolute Gasteiger partial charge is 0.0850 e. The van der Waals surface area contributed by atoms with E-state index in [1.807, 2.05) is 14.0 Å². The number of halogens is 1. The maximum absolute atomic E-state index is 10.9. The lowest BCUT2D eigenvalue weighted by molar-refractivity contribution is -0.117. The molecule has 0 bridgehead atoms. The molecule has 2 unspecified atom stereocenters. The first-order valence-corrected chi connectivity index (χ1v) is 7.78. The largest absolute Gasteiger partial charge is 0.389 e. The Balaban J connectivity index is 2.18. The Bertz CT molecular complexity index is 473. The highest BCUT2D eigenvalue weighted by Crippen LogP contribution is 2.33. The van der Waals surface area contributed by atoms with Crippen molar-refractivity contribution in [2.24, 2.45) is 13.0 Å². The third kappa shape index (κ3) is 3.18. The summed E-state index contributed by atoms with van der Waals surface area (Å²) in [5.41, 5.74) is 1.09. The van der Waals surface area contributed by atoms with E-state index in [-0.39, 0.29) is 6.10 Å². The fraction of sp³-hybridized carbons (Fsp3) is 0.800. The molecule has 1 aromatic heterocycles. The Hall–Kier alpha value is -0.580. The first-order valence-electron chi connectivity index (χ1n) is 7.40.